The third kappa shape index (κ3) is 4.23. The minimum Gasteiger partial charge on any atom is -0.465 e. The molecule has 0 bridgehead atoms. The summed E-state index contributed by atoms with van der Waals surface area (Å²) in [5, 5.41) is 10.6. The SMILES string of the molecule is C[C@]12C=CCCOC(=O)[C@H]1[C@H]1C(=O)N([C@@H](CO)Cc3ccccc3)C3C(=O)N(C4CCCCC4)CC=C[C@@]31O2. The minimum absolute atomic E-state index is 0.0966. The Morgan fingerprint density at radius 1 is 1.00 bits per heavy atom. The number of aliphatic hydroxyl groups is 1. The van der Waals surface area contributed by atoms with Crippen LogP contribution in [-0.4, -0.2) is 81.8 Å². The summed E-state index contributed by atoms with van der Waals surface area (Å²) in [6.07, 6.45) is 13.7. The fourth-order valence-corrected chi connectivity index (χ4v) is 7.70. The maximum atomic E-state index is 14.6. The summed E-state index contributed by atoms with van der Waals surface area (Å²) in [5.41, 5.74) is -1.48. The lowest BCUT2D eigenvalue weighted by Crippen LogP contribution is -2.60. The molecule has 1 aromatic carbocycles. The first-order valence-corrected chi connectivity index (χ1v) is 14.4. The Kier molecular flexibility index (Phi) is 6.88. The minimum atomic E-state index is -1.34. The molecule has 1 spiro atoms. The van der Waals surface area contributed by atoms with Gasteiger partial charge < -0.3 is 24.4 Å². The molecule has 0 radical (unpaired) electrons. The van der Waals surface area contributed by atoms with E-state index in [0.717, 1.165) is 37.7 Å². The summed E-state index contributed by atoms with van der Waals surface area (Å²) in [4.78, 5) is 46.1. The number of carbonyl (C=O) groups excluding carboxylic acids is 3. The van der Waals surface area contributed by atoms with E-state index in [4.69, 9.17) is 9.47 Å². The summed E-state index contributed by atoms with van der Waals surface area (Å²) in [5.74, 6) is -2.80. The Hall–Kier alpha value is -2.97. The Labute approximate surface area is 229 Å². The van der Waals surface area contributed by atoms with E-state index in [-0.39, 0.29) is 31.1 Å². The molecule has 4 aliphatic heterocycles. The van der Waals surface area contributed by atoms with E-state index in [2.05, 4.69) is 0 Å². The highest BCUT2D eigenvalue weighted by molar-refractivity contribution is 5.99. The predicted molar refractivity (Wildman–Crippen MR) is 143 cm³/mol. The lowest BCUT2D eigenvalue weighted by molar-refractivity contribution is -0.162. The van der Waals surface area contributed by atoms with Gasteiger partial charge in [-0.25, -0.2) is 0 Å². The van der Waals surface area contributed by atoms with Crippen molar-refractivity contribution >= 4 is 17.8 Å². The fourth-order valence-electron chi connectivity index (χ4n) is 7.70. The number of carbonyl (C=O) groups is 3. The molecule has 1 saturated carbocycles. The Morgan fingerprint density at radius 3 is 2.51 bits per heavy atom. The van der Waals surface area contributed by atoms with Crippen LogP contribution in [0.2, 0.25) is 0 Å². The van der Waals surface area contributed by atoms with Gasteiger partial charge in [0.1, 0.15) is 17.6 Å². The van der Waals surface area contributed by atoms with Gasteiger partial charge in [0.2, 0.25) is 11.8 Å². The lowest BCUT2D eigenvalue weighted by Gasteiger charge is -2.42. The molecule has 8 heteroatoms. The van der Waals surface area contributed by atoms with Crippen molar-refractivity contribution in [1.82, 2.24) is 9.80 Å². The van der Waals surface area contributed by atoms with Crippen molar-refractivity contribution in [3.63, 3.8) is 0 Å². The highest BCUT2D eigenvalue weighted by Crippen LogP contribution is 2.57. The summed E-state index contributed by atoms with van der Waals surface area (Å²) >= 11 is 0. The highest BCUT2D eigenvalue weighted by atomic mass is 16.6. The zero-order chi connectivity index (χ0) is 27.2. The van der Waals surface area contributed by atoms with Crippen LogP contribution in [0.15, 0.2) is 54.6 Å². The van der Waals surface area contributed by atoms with Gasteiger partial charge >= 0.3 is 5.97 Å². The average Bonchev–Trinajstić information content (AvgIpc) is 3.26. The number of benzene rings is 1. The maximum Gasteiger partial charge on any atom is 0.313 e. The molecule has 1 N–H and O–H groups in total. The van der Waals surface area contributed by atoms with E-state index in [1.54, 1.807) is 4.90 Å². The fraction of sp³-hybridized carbons (Fsp3) is 0.581. The average molecular weight is 535 g/mol. The summed E-state index contributed by atoms with van der Waals surface area (Å²) in [6, 6.07) is 8.12. The quantitative estimate of drug-likeness (QED) is 0.461. The smallest absolute Gasteiger partial charge is 0.313 e. The Balaban J connectivity index is 1.47. The van der Waals surface area contributed by atoms with Crippen LogP contribution in [-0.2, 0) is 30.3 Å². The van der Waals surface area contributed by atoms with E-state index in [0.29, 0.717) is 19.4 Å². The van der Waals surface area contributed by atoms with Crippen LogP contribution >= 0.6 is 0 Å². The summed E-state index contributed by atoms with van der Waals surface area (Å²) in [6.45, 7) is 2.18. The van der Waals surface area contributed by atoms with E-state index < -0.39 is 41.1 Å². The number of likely N-dealkylation sites (tertiary alicyclic amines) is 1. The Bertz CT molecular complexity index is 1180. The summed E-state index contributed by atoms with van der Waals surface area (Å²) in [7, 11) is 0. The van der Waals surface area contributed by atoms with Gasteiger partial charge in [0, 0.05) is 12.6 Å². The molecule has 6 atom stereocenters. The van der Waals surface area contributed by atoms with Crippen molar-refractivity contribution in [1.29, 1.82) is 0 Å². The van der Waals surface area contributed by atoms with Crippen molar-refractivity contribution in [2.45, 2.75) is 81.2 Å². The van der Waals surface area contributed by atoms with Crippen LogP contribution in [0.3, 0.4) is 0 Å². The molecule has 5 aliphatic rings. The lowest BCUT2D eigenvalue weighted by atomic mass is 9.74. The normalized spacial score (nSPS) is 35.5. The number of ether oxygens (including phenoxy) is 2. The van der Waals surface area contributed by atoms with Crippen LogP contribution in [0.25, 0.3) is 0 Å². The summed E-state index contributed by atoms with van der Waals surface area (Å²) < 4.78 is 12.4. The molecule has 1 aromatic rings. The molecule has 4 heterocycles. The van der Waals surface area contributed by atoms with Crippen LogP contribution in [0.4, 0.5) is 0 Å². The number of aliphatic hydroxyl groups excluding tert-OH is 1. The number of nitrogens with zero attached hydrogens (tertiary/aromatic N) is 2. The van der Waals surface area contributed by atoms with Gasteiger partial charge in [-0.1, -0.05) is 73.9 Å². The second-order valence-electron chi connectivity index (χ2n) is 11.8. The van der Waals surface area contributed by atoms with E-state index in [1.165, 1.54) is 0 Å². The van der Waals surface area contributed by atoms with Gasteiger partial charge in [0.05, 0.1) is 30.8 Å². The monoisotopic (exact) mass is 534 g/mol. The molecular weight excluding hydrogens is 496 g/mol. The van der Waals surface area contributed by atoms with Crippen molar-refractivity contribution in [3.8, 4) is 0 Å². The highest BCUT2D eigenvalue weighted by Gasteiger charge is 2.75. The van der Waals surface area contributed by atoms with Crippen molar-refractivity contribution in [2.75, 3.05) is 19.8 Å². The molecule has 3 fully saturated rings. The van der Waals surface area contributed by atoms with Crippen molar-refractivity contribution in [3.05, 3.63) is 60.2 Å². The molecule has 39 heavy (non-hydrogen) atoms. The molecule has 1 unspecified atom stereocenters. The largest absolute Gasteiger partial charge is 0.465 e. The molecule has 2 saturated heterocycles. The van der Waals surface area contributed by atoms with Crippen LogP contribution in [0.1, 0.15) is 51.0 Å². The van der Waals surface area contributed by atoms with Gasteiger partial charge in [-0.15, -0.1) is 0 Å². The van der Waals surface area contributed by atoms with E-state index >= 15 is 0 Å². The van der Waals surface area contributed by atoms with Gasteiger partial charge in [-0.2, -0.15) is 0 Å². The molecule has 8 nitrogen and oxygen atoms in total. The molecular formula is C31H38N2O6. The molecule has 1 aliphatic carbocycles. The topological polar surface area (TPSA) is 96.4 Å². The zero-order valence-corrected chi connectivity index (χ0v) is 22.5. The number of rotatable bonds is 5. The number of amides is 2. The van der Waals surface area contributed by atoms with Crippen LogP contribution < -0.4 is 0 Å². The molecule has 0 aromatic heterocycles. The van der Waals surface area contributed by atoms with Gasteiger partial charge in [-0.05, 0) is 38.2 Å². The van der Waals surface area contributed by atoms with Crippen molar-refractivity contribution in [2.24, 2.45) is 11.8 Å². The number of hydrogen-bond donors (Lipinski definition) is 1. The first-order valence-electron chi connectivity index (χ1n) is 14.4. The number of hydrogen-bond acceptors (Lipinski definition) is 6. The first-order chi connectivity index (χ1) is 18.9. The predicted octanol–water partition coefficient (Wildman–Crippen LogP) is 2.80. The zero-order valence-electron chi connectivity index (χ0n) is 22.5. The maximum absolute atomic E-state index is 14.6. The second-order valence-corrected chi connectivity index (χ2v) is 11.8. The third-order valence-electron chi connectivity index (χ3n) is 9.42. The first kappa shape index (κ1) is 26.3. The van der Waals surface area contributed by atoms with E-state index in [1.807, 2.05) is 66.5 Å². The number of esters is 1. The number of cyclic esters (lactones) is 1. The van der Waals surface area contributed by atoms with Crippen LogP contribution in [0.5, 0.6) is 0 Å². The molecule has 2 amide bonds. The standard InChI is InChI=1S/C31H38N2O6/c1-30-15-8-9-18-38-29(37)25(30)24-27(35)33(23(20-34)19-21-11-4-2-5-12-21)26-28(36)32(22-13-6-3-7-14-22)17-10-16-31(24,26)39-30/h2,4-5,8,10-12,15-16,22-26,34H,3,6-7,9,13-14,17-20H2,1H3/t23-,24+,25-,26?,30+,31+/m1/s1. The van der Waals surface area contributed by atoms with Crippen molar-refractivity contribution < 1.29 is 29.0 Å². The Morgan fingerprint density at radius 2 is 1.77 bits per heavy atom. The van der Waals surface area contributed by atoms with Gasteiger partial charge in [-0.3, -0.25) is 14.4 Å². The van der Waals surface area contributed by atoms with Gasteiger partial charge in [0.15, 0.2) is 0 Å². The molecule has 208 valence electrons. The number of fused-ring (bicyclic) bond motifs is 2. The molecule has 6 rings (SSSR count). The van der Waals surface area contributed by atoms with Crippen LogP contribution in [0, 0.1) is 11.8 Å². The second kappa shape index (κ2) is 10.2. The third-order valence-corrected chi connectivity index (χ3v) is 9.42. The van der Waals surface area contributed by atoms with E-state index in [9.17, 15) is 19.5 Å². The van der Waals surface area contributed by atoms with Gasteiger partial charge in [0.25, 0.3) is 0 Å².